The Morgan fingerprint density at radius 2 is 1.67 bits per heavy atom. The van der Waals surface area contributed by atoms with Crippen LogP contribution in [0.3, 0.4) is 0 Å². The lowest BCUT2D eigenvalue weighted by atomic mass is 10.2. The fraction of sp³-hybridized carbons (Fsp3) is 0.538. The number of nitrogens with one attached hydrogen (secondary N) is 1. The van der Waals surface area contributed by atoms with Gasteiger partial charge in [-0.25, -0.2) is 0 Å². The van der Waals surface area contributed by atoms with Crippen molar-refractivity contribution in [1.29, 1.82) is 0 Å². The number of hydrogen-bond acceptors (Lipinski definition) is 3. The first-order valence-corrected chi connectivity index (χ1v) is 7.46. The van der Waals surface area contributed by atoms with Gasteiger partial charge < -0.3 is 14.8 Å². The molecule has 0 amide bonds. The molecule has 0 saturated carbocycles. The fourth-order valence-corrected chi connectivity index (χ4v) is 3.46. The van der Waals surface area contributed by atoms with Crippen molar-refractivity contribution in [2.45, 2.75) is 32.6 Å². The van der Waals surface area contributed by atoms with E-state index in [4.69, 9.17) is 9.47 Å². The van der Waals surface area contributed by atoms with Crippen molar-refractivity contribution in [3.8, 4) is 0 Å². The molecule has 0 aromatic heterocycles. The molecule has 0 atom stereocenters. The highest BCUT2D eigenvalue weighted by atomic mass is 79.9. The quantitative estimate of drug-likeness (QED) is 0.840. The van der Waals surface area contributed by atoms with Crippen molar-refractivity contribution in [2.75, 3.05) is 18.5 Å². The van der Waals surface area contributed by atoms with E-state index in [1.165, 1.54) is 5.56 Å². The molecule has 3 nitrogen and oxygen atoms in total. The van der Waals surface area contributed by atoms with Gasteiger partial charge in [0, 0.05) is 8.95 Å². The summed E-state index contributed by atoms with van der Waals surface area (Å²) in [7, 11) is 0. The molecule has 18 heavy (non-hydrogen) atoms. The molecular formula is C13H17Br2NO2. The van der Waals surface area contributed by atoms with Gasteiger partial charge in [0.05, 0.1) is 24.9 Å². The molecule has 1 aromatic carbocycles. The van der Waals surface area contributed by atoms with Crippen LogP contribution in [0, 0.1) is 6.92 Å². The first-order chi connectivity index (χ1) is 8.37. The Kier molecular flexibility index (Phi) is 4.36. The number of halogens is 2. The zero-order valence-electron chi connectivity index (χ0n) is 10.7. The van der Waals surface area contributed by atoms with Crippen LogP contribution in [0.4, 0.5) is 5.69 Å². The second-order valence-corrected chi connectivity index (χ2v) is 6.68. The van der Waals surface area contributed by atoms with Crippen LogP contribution in [0.2, 0.25) is 0 Å². The number of rotatable bonds is 2. The van der Waals surface area contributed by atoms with E-state index < -0.39 is 5.79 Å². The van der Waals surface area contributed by atoms with E-state index in [0.29, 0.717) is 13.2 Å². The summed E-state index contributed by atoms with van der Waals surface area (Å²) in [5.41, 5.74) is 2.24. The van der Waals surface area contributed by atoms with Crippen molar-refractivity contribution < 1.29 is 9.47 Å². The molecule has 1 N–H and O–H groups in total. The molecule has 1 saturated heterocycles. The van der Waals surface area contributed by atoms with Gasteiger partial charge in [0.15, 0.2) is 5.79 Å². The fourth-order valence-electron chi connectivity index (χ4n) is 1.82. The van der Waals surface area contributed by atoms with E-state index in [0.717, 1.165) is 14.6 Å². The minimum atomic E-state index is -0.472. The van der Waals surface area contributed by atoms with Crippen LogP contribution in [0.15, 0.2) is 21.1 Å². The van der Waals surface area contributed by atoms with Gasteiger partial charge in [-0.2, -0.15) is 0 Å². The van der Waals surface area contributed by atoms with E-state index >= 15 is 0 Å². The van der Waals surface area contributed by atoms with Crippen LogP contribution in [-0.4, -0.2) is 25.0 Å². The van der Waals surface area contributed by atoms with Gasteiger partial charge in [-0.3, -0.25) is 0 Å². The Labute approximate surface area is 124 Å². The number of anilines is 1. The highest BCUT2D eigenvalue weighted by Gasteiger charge is 2.28. The summed E-state index contributed by atoms with van der Waals surface area (Å²) in [6.07, 6.45) is 0. The Bertz CT molecular complexity index is 416. The average molecular weight is 379 g/mol. The second kappa shape index (κ2) is 5.49. The molecule has 2 rings (SSSR count). The largest absolute Gasteiger partial charge is 0.376 e. The third-order valence-corrected chi connectivity index (χ3v) is 4.05. The predicted octanol–water partition coefficient (Wildman–Crippen LogP) is 4.08. The van der Waals surface area contributed by atoms with Gasteiger partial charge in [-0.1, -0.05) is 0 Å². The zero-order valence-corrected chi connectivity index (χ0v) is 13.9. The van der Waals surface area contributed by atoms with Crippen molar-refractivity contribution >= 4 is 37.5 Å². The lowest BCUT2D eigenvalue weighted by Gasteiger charge is -2.35. The molecule has 5 heteroatoms. The van der Waals surface area contributed by atoms with Crippen LogP contribution in [0.1, 0.15) is 19.4 Å². The molecule has 0 unspecified atom stereocenters. The lowest BCUT2D eigenvalue weighted by molar-refractivity contribution is -0.247. The van der Waals surface area contributed by atoms with Crippen LogP contribution in [-0.2, 0) is 9.47 Å². The topological polar surface area (TPSA) is 30.5 Å². The summed E-state index contributed by atoms with van der Waals surface area (Å²) in [4.78, 5) is 0. The summed E-state index contributed by atoms with van der Waals surface area (Å²) in [5.74, 6) is -0.472. The Balaban J connectivity index is 2.07. The molecule has 0 aliphatic carbocycles. The van der Waals surface area contributed by atoms with Crippen molar-refractivity contribution in [2.24, 2.45) is 0 Å². The third-order valence-electron chi connectivity index (χ3n) is 2.80. The highest BCUT2D eigenvalue weighted by Crippen LogP contribution is 2.33. The number of hydrogen-bond donors (Lipinski definition) is 1. The molecule has 1 heterocycles. The molecule has 100 valence electrons. The van der Waals surface area contributed by atoms with E-state index in [1.54, 1.807) is 0 Å². The Morgan fingerprint density at radius 3 is 2.17 bits per heavy atom. The Morgan fingerprint density at radius 1 is 1.17 bits per heavy atom. The zero-order chi connectivity index (χ0) is 13.3. The van der Waals surface area contributed by atoms with Crippen LogP contribution in [0.5, 0.6) is 0 Å². The molecule has 1 fully saturated rings. The lowest BCUT2D eigenvalue weighted by Crippen LogP contribution is -2.45. The summed E-state index contributed by atoms with van der Waals surface area (Å²) in [6, 6.07) is 4.33. The molecule has 1 aliphatic heterocycles. The maximum atomic E-state index is 5.64. The average Bonchev–Trinajstić information content (AvgIpc) is 2.25. The second-order valence-electron chi connectivity index (χ2n) is 4.97. The van der Waals surface area contributed by atoms with Gasteiger partial charge in [0.2, 0.25) is 0 Å². The van der Waals surface area contributed by atoms with E-state index in [-0.39, 0.29) is 6.04 Å². The highest BCUT2D eigenvalue weighted by molar-refractivity contribution is 9.11. The smallest absolute Gasteiger partial charge is 0.162 e. The normalized spacial score (nSPS) is 19.8. The van der Waals surface area contributed by atoms with Crippen molar-refractivity contribution in [1.82, 2.24) is 0 Å². The summed E-state index contributed by atoms with van der Waals surface area (Å²) in [5, 5.41) is 3.44. The van der Waals surface area contributed by atoms with E-state index in [9.17, 15) is 0 Å². The predicted molar refractivity (Wildman–Crippen MR) is 80.0 cm³/mol. The molecule has 0 bridgehead atoms. The molecule has 1 aliphatic rings. The van der Waals surface area contributed by atoms with Gasteiger partial charge in [-0.05, 0) is 70.3 Å². The monoisotopic (exact) mass is 377 g/mol. The van der Waals surface area contributed by atoms with Crippen LogP contribution in [0.25, 0.3) is 0 Å². The Hall–Kier alpha value is -0.100. The van der Waals surface area contributed by atoms with Gasteiger partial charge >= 0.3 is 0 Å². The maximum Gasteiger partial charge on any atom is 0.162 e. The first-order valence-electron chi connectivity index (χ1n) is 5.87. The van der Waals surface area contributed by atoms with Gasteiger partial charge in [-0.15, -0.1) is 0 Å². The van der Waals surface area contributed by atoms with E-state index in [1.807, 2.05) is 13.8 Å². The van der Waals surface area contributed by atoms with Crippen molar-refractivity contribution in [3.05, 3.63) is 26.6 Å². The summed E-state index contributed by atoms with van der Waals surface area (Å²) >= 11 is 7.15. The van der Waals surface area contributed by atoms with E-state index in [2.05, 4.69) is 56.2 Å². The minimum absolute atomic E-state index is 0.160. The molecule has 1 aromatic rings. The standard InChI is InChI=1S/C13H17Br2NO2/c1-8-4-10(14)12(11(15)5-8)16-9-6-17-13(2,3)18-7-9/h4-5,9,16H,6-7H2,1-3H3. The molecule has 0 radical (unpaired) electrons. The molecular weight excluding hydrogens is 362 g/mol. The van der Waals surface area contributed by atoms with Crippen LogP contribution < -0.4 is 5.32 Å². The summed E-state index contributed by atoms with van der Waals surface area (Å²) in [6.45, 7) is 7.20. The summed E-state index contributed by atoms with van der Waals surface area (Å²) < 4.78 is 13.4. The third kappa shape index (κ3) is 3.47. The van der Waals surface area contributed by atoms with Gasteiger partial charge in [0.1, 0.15) is 0 Å². The SMILES string of the molecule is Cc1cc(Br)c(NC2COC(C)(C)OC2)c(Br)c1. The minimum Gasteiger partial charge on any atom is -0.376 e. The van der Waals surface area contributed by atoms with Crippen molar-refractivity contribution in [3.63, 3.8) is 0 Å². The number of benzene rings is 1. The number of aryl methyl sites for hydroxylation is 1. The molecule has 0 spiro atoms. The number of ether oxygens (including phenoxy) is 2. The first kappa shape index (κ1) is 14.3. The van der Waals surface area contributed by atoms with Gasteiger partial charge in [0.25, 0.3) is 0 Å². The maximum absolute atomic E-state index is 5.64. The van der Waals surface area contributed by atoms with Crippen LogP contribution >= 0.6 is 31.9 Å².